The summed E-state index contributed by atoms with van der Waals surface area (Å²) in [6, 6.07) is 8.70. The standard InChI is InChI=1S/C20H29N3O2/c24-19(18-7-3-10-21-18)22-11-4-12-23-13-8-20(9-14-23)17-6-2-1-5-16(17)15-25-20/h1-2,5-6,18,21H,3-4,7-15H2,(H,22,24)/t18-/m1/s1. The molecule has 0 saturated carbocycles. The van der Waals surface area contributed by atoms with Crippen molar-refractivity contribution in [3.63, 3.8) is 0 Å². The van der Waals surface area contributed by atoms with E-state index in [9.17, 15) is 4.79 Å². The van der Waals surface area contributed by atoms with Crippen LogP contribution in [0.2, 0.25) is 0 Å². The molecule has 0 unspecified atom stereocenters. The number of hydrogen-bond acceptors (Lipinski definition) is 4. The number of amides is 1. The van der Waals surface area contributed by atoms with Gasteiger partial charge in [-0.2, -0.15) is 0 Å². The molecule has 0 bridgehead atoms. The summed E-state index contributed by atoms with van der Waals surface area (Å²) in [7, 11) is 0. The van der Waals surface area contributed by atoms with Crippen LogP contribution < -0.4 is 10.6 Å². The summed E-state index contributed by atoms with van der Waals surface area (Å²) in [6.45, 7) is 5.71. The molecule has 1 atom stereocenters. The minimum Gasteiger partial charge on any atom is -0.365 e. The average molecular weight is 343 g/mol. The average Bonchev–Trinajstić information content (AvgIpc) is 3.30. The van der Waals surface area contributed by atoms with Gasteiger partial charge in [0.05, 0.1) is 18.2 Å². The Balaban J connectivity index is 1.19. The molecule has 2 saturated heterocycles. The highest BCUT2D eigenvalue weighted by Gasteiger charge is 2.42. The van der Waals surface area contributed by atoms with Gasteiger partial charge in [0.25, 0.3) is 0 Å². The quantitative estimate of drug-likeness (QED) is 0.800. The summed E-state index contributed by atoms with van der Waals surface area (Å²) >= 11 is 0. The van der Waals surface area contributed by atoms with E-state index >= 15 is 0 Å². The monoisotopic (exact) mass is 343 g/mol. The Morgan fingerprint density at radius 2 is 2.16 bits per heavy atom. The van der Waals surface area contributed by atoms with E-state index in [2.05, 4.69) is 39.8 Å². The fourth-order valence-electron chi connectivity index (χ4n) is 4.48. The van der Waals surface area contributed by atoms with Gasteiger partial charge >= 0.3 is 0 Å². The van der Waals surface area contributed by atoms with Crippen molar-refractivity contribution in [1.82, 2.24) is 15.5 Å². The third kappa shape index (κ3) is 3.59. The van der Waals surface area contributed by atoms with Crippen molar-refractivity contribution in [2.45, 2.75) is 50.4 Å². The van der Waals surface area contributed by atoms with E-state index in [0.717, 1.165) is 71.4 Å². The summed E-state index contributed by atoms with van der Waals surface area (Å²) in [5.41, 5.74) is 2.72. The second kappa shape index (κ2) is 7.44. The first-order chi connectivity index (χ1) is 12.3. The minimum absolute atomic E-state index is 0.0365. The molecule has 3 heterocycles. The van der Waals surface area contributed by atoms with E-state index in [4.69, 9.17) is 4.74 Å². The Morgan fingerprint density at radius 1 is 1.32 bits per heavy atom. The van der Waals surface area contributed by atoms with Gasteiger partial charge in [0.2, 0.25) is 5.91 Å². The number of ether oxygens (including phenoxy) is 1. The Morgan fingerprint density at radius 3 is 2.96 bits per heavy atom. The van der Waals surface area contributed by atoms with Crippen LogP contribution in [-0.4, -0.2) is 49.6 Å². The van der Waals surface area contributed by atoms with Crippen molar-refractivity contribution in [3.8, 4) is 0 Å². The van der Waals surface area contributed by atoms with Crippen LogP contribution in [0.3, 0.4) is 0 Å². The zero-order chi connectivity index (χ0) is 17.1. The number of likely N-dealkylation sites (tertiary alicyclic amines) is 1. The first-order valence-corrected chi connectivity index (χ1v) is 9.73. The highest BCUT2D eigenvalue weighted by Crippen LogP contribution is 2.43. The lowest BCUT2D eigenvalue weighted by Crippen LogP contribution is -2.44. The maximum Gasteiger partial charge on any atom is 0.237 e. The summed E-state index contributed by atoms with van der Waals surface area (Å²) in [6.07, 6.45) is 5.24. The number of rotatable bonds is 5. The third-order valence-corrected chi connectivity index (χ3v) is 6.00. The predicted molar refractivity (Wildman–Crippen MR) is 97.2 cm³/mol. The van der Waals surface area contributed by atoms with E-state index in [1.54, 1.807) is 0 Å². The fraction of sp³-hybridized carbons (Fsp3) is 0.650. The highest BCUT2D eigenvalue weighted by atomic mass is 16.5. The Bertz CT molecular complexity index is 605. The molecule has 2 fully saturated rings. The Labute approximate surface area is 150 Å². The molecule has 1 spiro atoms. The maximum absolute atomic E-state index is 12.0. The van der Waals surface area contributed by atoms with Crippen molar-refractivity contribution in [3.05, 3.63) is 35.4 Å². The number of piperidine rings is 1. The highest BCUT2D eigenvalue weighted by molar-refractivity contribution is 5.81. The van der Waals surface area contributed by atoms with E-state index < -0.39 is 0 Å². The van der Waals surface area contributed by atoms with Crippen molar-refractivity contribution < 1.29 is 9.53 Å². The lowest BCUT2D eigenvalue weighted by molar-refractivity contribution is -0.122. The summed E-state index contributed by atoms with van der Waals surface area (Å²) in [5.74, 6) is 0.172. The van der Waals surface area contributed by atoms with Crippen LogP contribution in [0.5, 0.6) is 0 Å². The van der Waals surface area contributed by atoms with Gasteiger partial charge < -0.3 is 20.3 Å². The lowest BCUT2D eigenvalue weighted by atomic mass is 9.84. The van der Waals surface area contributed by atoms with Gasteiger partial charge in [0.1, 0.15) is 0 Å². The predicted octanol–water partition coefficient (Wildman–Crippen LogP) is 1.77. The number of benzene rings is 1. The third-order valence-electron chi connectivity index (χ3n) is 6.00. The second-order valence-corrected chi connectivity index (χ2v) is 7.58. The van der Waals surface area contributed by atoms with Gasteiger partial charge in [-0.1, -0.05) is 24.3 Å². The van der Waals surface area contributed by atoms with Crippen LogP contribution in [0.25, 0.3) is 0 Å². The van der Waals surface area contributed by atoms with Crippen LogP contribution >= 0.6 is 0 Å². The molecule has 5 nitrogen and oxygen atoms in total. The zero-order valence-electron chi connectivity index (χ0n) is 14.9. The fourth-order valence-corrected chi connectivity index (χ4v) is 4.48. The normalized spacial score (nSPS) is 25.2. The summed E-state index contributed by atoms with van der Waals surface area (Å²) in [5, 5.41) is 6.32. The molecule has 3 aliphatic rings. The van der Waals surface area contributed by atoms with Gasteiger partial charge in [0.15, 0.2) is 0 Å². The van der Waals surface area contributed by atoms with Gasteiger partial charge in [-0.3, -0.25) is 4.79 Å². The van der Waals surface area contributed by atoms with Crippen LogP contribution in [0.4, 0.5) is 0 Å². The molecule has 1 aromatic carbocycles. The van der Waals surface area contributed by atoms with E-state index in [-0.39, 0.29) is 17.6 Å². The molecule has 136 valence electrons. The molecule has 0 aromatic heterocycles. The molecule has 2 N–H and O–H groups in total. The van der Waals surface area contributed by atoms with E-state index in [1.165, 1.54) is 11.1 Å². The molecule has 0 radical (unpaired) electrons. The van der Waals surface area contributed by atoms with Crippen molar-refractivity contribution in [2.24, 2.45) is 0 Å². The van der Waals surface area contributed by atoms with E-state index in [1.807, 2.05) is 0 Å². The second-order valence-electron chi connectivity index (χ2n) is 7.58. The van der Waals surface area contributed by atoms with Gasteiger partial charge in [-0.05, 0) is 56.3 Å². The molecule has 1 amide bonds. The van der Waals surface area contributed by atoms with Crippen molar-refractivity contribution in [2.75, 3.05) is 32.7 Å². The number of nitrogens with one attached hydrogen (secondary N) is 2. The molecule has 25 heavy (non-hydrogen) atoms. The lowest BCUT2D eigenvalue weighted by Gasteiger charge is -2.39. The first kappa shape index (κ1) is 17.0. The minimum atomic E-state index is -0.0462. The van der Waals surface area contributed by atoms with Gasteiger partial charge in [-0.25, -0.2) is 0 Å². The van der Waals surface area contributed by atoms with Gasteiger partial charge in [0, 0.05) is 19.6 Å². The topological polar surface area (TPSA) is 53.6 Å². The van der Waals surface area contributed by atoms with Crippen molar-refractivity contribution in [1.29, 1.82) is 0 Å². The summed E-state index contributed by atoms with van der Waals surface area (Å²) < 4.78 is 6.22. The number of fused-ring (bicyclic) bond motifs is 2. The zero-order valence-corrected chi connectivity index (χ0v) is 14.9. The van der Waals surface area contributed by atoms with Crippen LogP contribution in [-0.2, 0) is 21.7 Å². The molecule has 0 aliphatic carbocycles. The van der Waals surface area contributed by atoms with Crippen molar-refractivity contribution >= 4 is 5.91 Å². The van der Waals surface area contributed by atoms with Crippen LogP contribution in [0.1, 0.15) is 43.2 Å². The molecule has 1 aromatic rings. The Kier molecular flexibility index (Phi) is 5.06. The van der Waals surface area contributed by atoms with Gasteiger partial charge in [-0.15, -0.1) is 0 Å². The molecule has 4 rings (SSSR count). The SMILES string of the molecule is O=C(NCCCN1CCC2(CC1)OCc1ccccc12)[C@H]1CCCN1. The number of carbonyl (C=O) groups excluding carboxylic acids is 1. The molecular formula is C20H29N3O2. The number of nitrogens with zero attached hydrogens (tertiary/aromatic N) is 1. The maximum atomic E-state index is 12.0. The first-order valence-electron chi connectivity index (χ1n) is 9.73. The van der Waals surface area contributed by atoms with E-state index in [0.29, 0.717) is 0 Å². The number of hydrogen-bond donors (Lipinski definition) is 2. The van der Waals surface area contributed by atoms with Crippen LogP contribution in [0, 0.1) is 0 Å². The van der Waals surface area contributed by atoms with Crippen LogP contribution in [0.15, 0.2) is 24.3 Å². The summed E-state index contributed by atoms with van der Waals surface area (Å²) in [4.78, 5) is 14.5. The largest absolute Gasteiger partial charge is 0.365 e. The molecular weight excluding hydrogens is 314 g/mol. The molecule has 3 aliphatic heterocycles. The smallest absolute Gasteiger partial charge is 0.237 e. The number of carbonyl (C=O) groups is 1. The Hall–Kier alpha value is -1.43. The molecule has 5 heteroatoms.